The third-order valence-corrected chi connectivity index (χ3v) is 4.75. The second-order valence-corrected chi connectivity index (χ2v) is 6.74. The first kappa shape index (κ1) is 18.8. The molecule has 3 aromatic carbocycles. The van der Waals surface area contributed by atoms with Crippen LogP contribution in [0.5, 0.6) is 5.75 Å². The Morgan fingerprint density at radius 2 is 1.69 bits per heavy atom. The number of benzene rings is 3. The van der Waals surface area contributed by atoms with E-state index in [1.807, 2.05) is 60.7 Å². The van der Waals surface area contributed by atoms with Crippen molar-refractivity contribution in [3.8, 4) is 5.75 Å². The number of halogens is 1. The highest BCUT2D eigenvalue weighted by Crippen LogP contribution is 2.26. The molecule has 144 valence electrons. The highest BCUT2D eigenvalue weighted by Gasteiger charge is 2.11. The van der Waals surface area contributed by atoms with E-state index >= 15 is 0 Å². The predicted molar refractivity (Wildman–Crippen MR) is 117 cm³/mol. The van der Waals surface area contributed by atoms with Gasteiger partial charge in [-0.3, -0.25) is 5.32 Å². The molecule has 0 saturated heterocycles. The average molecular weight is 404 g/mol. The van der Waals surface area contributed by atoms with Crippen LogP contribution in [-0.4, -0.2) is 11.0 Å². The minimum absolute atomic E-state index is 0.269. The molecule has 0 aliphatic heterocycles. The number of nitrogens with one attached hydrogen (secondary N) is 2. The molecule has 5 nitrogen and oxygen atoms in total. The van der Waals surface area contributed by atoms with Crippen molar-refractivity contribution in [3.63, 3.8) is 0 Å². The van der Waals surface area contributed by atoms with Crippen LogP contribution in [0.1, 0.15) is 5.56 Å². The first-order valence-electron chi connectivity index (χ1n) is 9.08. The van der Waals surface area contributed by atoms with Crippen LogP contribution in [0, 0.1) is 0 Å². The molecule has 0 radical (unpaired) electrons. The molecule has 6 heteroatoms. The molecule has 0 aliphatic rings. The number of rotatable bonds is 5. The van der Waals surface area contributed by atoms with Crippen LogP contribution in [0.2, 0.25) is 5.02 Å². The summed E-state index contributed by atoms with van der Waals surface area (Å²) in [6.45, 7) is 0.269. The number of carbonyl (C=O) groups excluding carboxylic acids is 1. The van der Waals surface area contributed by atoms with Gasteiger partial charge in [-0.25, -0.2) is 9.78 Å². The smallest absolute Gasteiger partial charge is 0.324 e. The van der Waals surface area contributed by atoms with Gasteiger partial charge in [-0.2, -0.15) is 0 Å². The van der Waals surface area contributed by atoms with Gasteiger partial charge in [-0.1, -0.05) is 66.2 Å². The predicted octanol–water partition coefficient (Wildman–Crippen LogP) is 6.11. The topological polar surface area (TPSA) is 63.2 Å². The monoisotopic (exact) mass is 403 g/mol. The molecule has 0 unspecified atom stereocenters. The zero-order valence-corrected chi connectivity index (χ0v) is 16.2. The van der Waals surface area contributed by atoms with Gasteiger partial charge in [-0.15, -0.1) is 0 Å². The number of fused-ring (bicyclic) bond motifs is 1. The number of urea groups is 1. The molecule has 0 bridgehead atoms. The summed E-state index contributed by atoms with van der Waals surface area (Å²) in [6, 6.07) is 24.2. The molecule has 0 fully saturated rings. The molecule has 2 N–H and O–H groups in total. The molecule has 1 heterocycles. The molecule has 29 heavy (non-hydrogen) atoms. The molecule has 0 aliphatic carbocycles. The van der Waals surface area contributed by atoms with E-state index in [1.54, 1.807) is 24.4 Å². The van der Waals surface area contributed by atoms with Gasteiger partial charge < -0.3 is 10.1 Å². The number of ether oxygens (including phenoxy) is 1. The largest absolute Gasteiger partial charge is 0.485 e. The van der Waals surface area contributed by atoms with Gasteiger partial charge in [0.05, 0.1) is 5.69 Å². The van der Waals surface area contributed by atoms with Crippen LogP contribution >= 0.6 is 11.6 Å². The summed E-state index contributed by atoms with van der Waals surface area (Å²) in [4.78, 5) is 16.8. The minimum Gasteiger partial charge on any atom is -0.485 e. The third kappa shape index (κ3) is 4.47. The number of anilines is 2. The quantitative estimate of drug-likeness (QED) is 0.422. The third-order valence-electron chi connectivity index (χ3n) is 4.38. The summed E-state index contributed by atoms with van der Waals surface area (Å²) in [5.74, 6) is 0.790. The number of aromatic nitrogens is 1. The van der Waals surface area contributed by atoms with E-state index in [1.165, 1.54) is 0 Å². The summed E-state index contributed by atoms with van der Waals surface area (Å²) in [7, 11) is 0. The minimum atomic E-state index is -0.400. The van der Waals surface area contributed by atoms with Gasteiger partial charge in [0.25, 0.3) is 0 Å². The summed E-state index contributed by atoms with van der Waals surface area (Å²) in [5, 5.41) is 8.26. The van der Waals surface area contributed by atoms with E-state index in [-0.39, 0.29) is 6.61 Å². The van der Waals surface area contributed by atoms with Crippen molar-refractivity contribution in [2.45, 2.75) is 6.61 Å². The molecule has 1 aromatic heterocycles. The number of nitrogens with zero attached hydrogens (tertiary/aromatic N) is 1. The van der Waals surface area contributed by atoms with E-state index in [2.05, 4.69) is 15.6 Å². The van der Waals surface area contributed by atoms with E-state index in [0.29, 0.717) is 16.6 Å². The molecule has 4 rings (SSSR count). The Balaban J connectivity index is 1.48. The van der Waals surface area contributed by atoms with E-state index in [4.69, 9.17) is 16.3 Å². The Morgan fingerprint density at radius 1 is 0.897 bits per heavy atom. The van der Waals surface area contributed by atoms with Gasteiger partial charge in [0.2, 0.25) is 0 Å². The van der Waals surface area contributed by atoms with Gasteiger partial charge in [0.1, 0.15) is 6.61 Å². The number of pyridine rings is 1. The van der Waals surface area contributed by atoms with Crippen LogP contribution < -0.4 is 15.4 Å². The number of carbonyl (C=O) groups is 1. The van der Waals surface area contributed by atoms with Crippen molar-refractivity contribution in [1.29, 1.82) is 0 Å². The number of hydrogen-bond acceptors (Lipinski definition) is 3. The van der Waals surface area contributed by atoms with Gasteiger partial charge in [0.15, 0.2) is 11.6 Å². The first-order valence-corrected chi connectivity index (χ1v) is 9.45. The summed E-state index contributed by atoms with van der Waals surface area (Å²) in [5.41, 5.74) is 1.57. The Hall–Kier alpha value is -3.57. The molecule has 2 amide bonds. The van der Waals surface area contributed by atoms with Crippen molar-refractivity contribution in [2.75, 3.05) is 10.6 Å². The van der Waals surface area contributed by atoms with E-state index < -0.39 is 6.03 Å². The van der Waals surface area contributed by atoms with Crippen LogP contribution in [0.15, 0.2) is 85.1 Å². The molecule has 0 spiro atoms. The molecular weight excluding hydrogens is 386 g/mol. The number of amides is 2. The Bertz CT molecular complexity index is 1160. The Morgan fingerprint density at radius 3 is 2.59 bits per heavy atom. The molecular formula is C23H18ClN3O2. The normalized spacial score (nSPS) is 10.5. The Labute approximate surface area is 173 Å². The summed E-state index contributed by atoms with van der Waals surface area (Å²) >= 11 is 6.18. The lowest BCUT2D eigenvalue weighted by atomic mass is 10.1. The summed E-state index contributed by atoms with van der Waals surface area (Å²) < 4.78 is 5.84. The van der Waals surface area contributed by atoms with Crippen molar-refractivity contribution in [1.82, 2.24) is 4.98 Å². The van der Waals surface area contributed by atoms with Gasteiger partial charge in [-0.05, 0) is 29.7 Å². The molecule has 0 atom stereocenters. The maximum atomic E-state index is 12.6. The van der Waals surface area contributed by atoms with Crippen molar-refractivity contribution in [3.05, 3.63) is 95.6 Å². The van der Waals surface area contributed by atoms with Gasteiger partial charge >= 0.3 is 6.03 Å². The molecule has 4 aromatic rings. The SMILES string of the molecule is O=C(Nc1ncccc1OCc1ccccc1Cl)Nc1cccc2ccccc12. The lowest BCUT2D eigenvalue weighted by Crippen LogP contribution is -2.20. The van der Waals surface area contributed by atoms with Crippen molar-refractivity contribution < 1.29 is 9.53 Å². The second kappa shape index (κ2) is 8.63. The number of hydrogen-bond donors (Lipinski definition) is 2. The van der Waals surface area contributed by atoms with Crippen molar-refractivity contribution >= 4 is 39.9 Å². The Kier molecular flexibility index (Phi) is 5.59. The maximum absolute atomic E-state index is 12.6. The first-order chi connectivity index (χ1) is 14.2. The average Bonchev–Trinajstić information content (AvgIpc) is 2.74. The van der Waals surface area contributed by atoms with E-state index in [9.17, 15) is 4.79 Å². The highest BCUT2D eigenvalue weighted by atomic mass is 35.5. The lowest BCUT2D eigenvalue weighted by molar-refractivity contribution is 0.261. The summed E-state index contributed by atoms with van der Waals surface area (Å²) in [6.07, 6.45) is 1.59. The van der Waals surface area contributed by atoms with Gasteiger partial charge in [0, 0.05) is 22.2 Å². The fourth-order valence-corrected chi connectivity index (χ4v) is 3.16. The van der Waals surface area contributed by atoms with Crippen LogP contribution in [0.25, 0.3) is 10.8 Å². The van der Waals surface area contributed by atoms with E-state index in [0.717, 1.165) is 22.0 Å². The molecule has 0 saturated carbocycles. The zero-order chi connectivity index (χ0) is 20.1. The fraction of sp³-hybridized carbons (Fsp3) is 0.0435. The standard InChI is InChI=1S/C23H18ClN3O2/c24-19-11-4-2-8-17(19)15-29-21-13-6-14-25-22(21)27-23(28)26-20-12-5-9-16-7-1-3-10-18(16)20/h1-14H,15H2,(H2,25,26,27,28). The highest BCUT2D eigenvalue weighted by molar-refractivity contribution is 6.31. The fourth-order valence-electron chi connectivity index (χ4n) is 2.97. The second-order valence-electron chi connectivity index (χ2n) is 6.34. The zero-order valence-electron chi connectivity index (χ0n) is 15.4. The van der Waals surface area contributed by atoms with Crippen LogP contribution in [-0.2, 0) is 6.61 Å². The van der Waals surface area contributed by atoms with Crippen molar-refractivity contribution in [2.24, 2.45) is 0 Å². The lowest BCUT2D eigenvalue weighted by Gasteiger charge is -2.13. The van der Waals surface area contributed by atoms with Crippen LogP contribution in [0.3, 0.4) is 0 Å². The van der Waals surface area contributed by atoms with Crippen LogP contribution in [0.4, 0.5) is 16.3 Å². The maximum Gasteiger partial charge on any atom is 0.324 e.